The molecular weight excluding hydrogens is 474 g/mol. The Morgan fingerprint density at radius 2 is 1.97 bits per heavy atom. The molecule has 0 saturated heterocycles. The number of alkyl halides is 2. The Hall–Kier alpha value is -3.93. The topological polar surface area (TPSA) is 137 Å². The minimum Gasteiger partial charge on any atom is -0.465 e. The summed E-state index contributed by atoms with van der Waals surface area (Å²) in [5.74, 6) is -4.04. The lowest BCUT2D eigenvalue weighted by Crippen LogP contribution is -2.50. The molecule has 12 heteroatoms. The van der Waals surface area contributed by atoms with Gasteiger partial charge in [0, 0.05) is 30.6 Å². The van der Waals surface area contributed by atoms with Crippen molar-refractivity contribution in [2.45, 2.75) is 46.1 Å². The number of hydrogen-bond acceptors (Lipinski definition) is 6. The maximum Gasteiger partial charge on any atom is 0.410 e. The molecule has 2 aromatic heterocycles. The van der Waals surface area contributed by atoms with Crippen LogP contribution in [0.15, 0.2) is 41.6 Å². The highest BCUT2D eigenvalue weighted by Crippen LogP contribution is 2.26. The summed E-state index contributed by atoms with van der Waals surface area (Å²) >= 11 is 0. The molecule has 0 unspecified atom stereocenters. The molecule has 3 amide bonds. The van der Waals surface area contributed by atoms with E-state index in [1.807, 2.05) is 0 Å². The van der Waals surface area contributed by atoms with E-state index in [0.29, 0.717) is 12.1 Å². The van der Waals surface area contributed by atoms with Crippen molar-refractivity contribution in [3.8, 4) is 0 Å². The predicted octanol–water partition coefficient (Wildman–Crippen LogP) is 3.04. The Balaban J connectivity index is 1.60. The Bertz CT molecular complexity index is 1160. The minimum atomic E-state index is -3.28. The quantitative estimate of drug-likeness (QED) is 0.414. The first-order valence-electron chi connectivity index (χ1n) is 11.2. The molecule has 192 valence electrons. The van der Waals surface area contributed by atoms with E-state index in [9.17, 15) is 23.2 Å². The summed E-state index contributed by atoms with van der Waals surface area (Å²) in [7, 11) is 0. The predicted molar refractivity (Wildman–Crippen MR) is 127 cm³/mol. The van der Waals surface area contributed by atoms with Crippen LogP contribution in [0.25, 0.3) is 0 Å². The van der Waals surface area contributed by atoms with Crippen LogP contribution in [-0.2, 0) is 22.1 Å². The summed E-state index contributed by atoms with van der Waals surface area (Å²) in [6.45, 7) is 4.73. The van der Waals surface area contributed by atoms with Crippen LogP contribution in [0.3, 0.4) is 0 Å². The number of halogens is 2. The molecule has 4 N–H and O–H groups in total. The monoisotopic (exact) mass is 502 g/mol. The number of carbonyl (C=O) groups is 3. The van der Waals surface area contributed by atoms with Crippen LogP contribution >= 0.6 is 0 Å². The average molecular weight is 503 g/mol. The van der Waals surface area contributed by atoms with Crippen molar-refractivity contribution in [3.05, 3.63) is 64.1 Å². The molecule has 0 fully saturated rings. The van der Waals surface area contributed by atoms with Gasteiger partial charge in [-0.25, -0.2) is 15.2 Å². The molecule has 3 heterocycles. The summed E-state index contributed by atoms with van der Waals surface area (Å²) in [5, 5.41) is 14.9. The second kappa shape index (κ2) is 11.2. The number of pyridine rings is 2. The maximum atomic E-state index is 14.5. The Labute approximate surface area is 206 Å². The van der Waals surface area contributed by atoms with Crippen LogP contribution in [-0.4, -0.2) is 51.1 Å². The van der Waals surface area contributed by atoms with Gasteiger partial charge in [0.05, 0.1) is 13.0 Å². The highest BCUT2D eigenvalue weighted by Gasteiger charge is 2.35. The van der Waals surface area contributed by atoms with Gasteiger partial charge in [0.2, 0.25) is 5.91 Å². The minimum absolute atomic E-state index is 0.135. The second-order valence-electron chi connectivity index (χ2n) is 8.49. The van der Waals surface area contributed by atoms with Gasteiger partial charge in [-0.05, 0) is 56.5 Å². The number of carboxylic acid groups (broad SMARTS) is 1. The second-order valence-corrected chi connectivity index (χ2v) is 8.49. The zero-order chi connectivity index (χ0) is 26.5. The van der Waals surface area contributed by atoms with Crippen LogP contribution in [0.2, 0.25) is 0 Å². The van der Waals surface area contributed by atoms with Gasteiger partial charge >= 0.3 is 12.0 Å². The number of nitrogens with one attached hydrogen (secondary N) is 3. The third-order valence-electron chi connectivity index (χ3n) is 5.85. The number of nitrogens with zero attached hydrogens (tertiary/aromatic N) is 3. The molecule has 0 atom stereocenters. The molecule has 1 aliphatic heterocycles. The fourth-order valence-electron chi connectivity index (χ4n) is 3.83. The van der Waals surface area contributed by atoms with E-state index in [0.717, 1.165) is 21.7 Å². The van der Waals surface area contributed by atoms with E-state index in [2.05, 4.69) is 26.0 Å². The van der Waals surface area contributed by atoms with Gasteiger partial charge in [0.1, 0.15) is 11.5 Å². The molecule has 0 bridgehead atoms. The summed E-state index contributed by atoms with van der Waals surface area (Å²) in [4.78, 5) is 44.3. The SMILES string of the molecule is CC1=C(CC(=O)NCc2c(C)cc(NC(=O)O)nc2C)C(=O)N(NCC(F)(F)c2ccccn2)CC1. The molecular formula is C24H28F2N6O4. The lowest BCUT2D eigenvalue weighted by Gasteiger charge is -2.31. The number of hydrogen-bond donors (Lipinski definition) is 4. The number of rotatable bonds is 9. The smallest absolute Gasteiger partial charge is 0.410 e. The van der Waals surface area contributed by atoms with Crippen molar-refractivity contribution < 1.29 is 28.3 Å². The first-order chi connectivity index (χ1) is 17.0. The number of aryl methyl sites for hydroxylation is 2. The van der Waals surface area contributed by atoms with Crippen molar-refractivity contribution in [3.63, 3.8) is 0 Å². The number of anilines is 1. The number of amides is 3. The Morgan fingerprint density at radius 1 is 1.22 bits per heavy atom. The standard InChI is InChI=1S/C24H28F2N6O4/c1-14-7-9-32(29-13-24(25,26)19-6-4-5-8-27-19)22(34)17(14)11-21(33)28-12-18-15(2)10-20(30-16(18)3)31-23(35)36/h4-6,8,10,29H,7,9,11-13H2,1-3H3,(H,28,33)(H,30,31)(H,35,36). The van der Waals surface area contributed by atoms with Crippen molar-refractivity contribution in [1.29, 1.82) is 0 Å². The largest absolute Gasteiger partial charge is 0.465 e. The van der Waals surface area contributed by atoms with Crippen LogP contribution in [0, 0.1) is 13.8 Å². The van der Waals surface area contributed by atoms with Crippen molar-refractivity contribution >= 4 is 23.7 Å². The van der Waals surface area contributed by atoms with Crippen LogP contribution in [0.5, 0.6) is 0 Å². The summed E-state index contributed by atoms with van der Waals surface area (Å²) in [6.07, 6.45) is 0.283. The maximum absolute atomic E-state index is 14.5. The Morgan fingerprint density at radius 3 is 2.61 bits per heavy atom. The molecule has 0 radical (unpaired) electrons. The van der Waals surface area contributed by atoms with Gasteiger partial charge in [-0.3, -0.25) is 24.9 Å². The van der Waals surface area contributed by atoms with Crippen LogP contribution in [0.1, 0.15) is 42.3 Å². The third-order valence-corrected chi connectivity index (χ3v) is 5.85. The molecule has 1 aliphatic rings. The molecule has 2 aromatic rings. The molecule has 10 nitrogen and oxygen atoms in total. The zero-order valence-corrected chi connectivity index (χ0v) is 20.2. The van der Waals surface area contributed by atoms with Gasteiger partial charge in [-0.1, -0.05) is 11.6 Å². The average Bonchev–Trinajstić information content (AvgIpc) is 2.81. The molecule has 0 spiro atoms. The van der Waals surface area contributed by atoms with Gasteiger partial charge in [0.25, 0.3) is 5.91 Å². The van der Waals surface area contributed by atoms with Gasteiger partial charge < -0.3 is 10.4 Å². The first-order valence-corrected chi connectivity index (χ1v) is 11.2. The van der Waals surface area contributed by atoms with Gasteiger partial charge in [0.15, 0.2) is 0 Å². The zero-order valence-electron chi connectivity index (χ0n) is 20.2. The molecule has 0 saturated carbocycles. The van der Waals surface area contributed by atoms with Gasteiger partial charge in [-0.15, -0.1) is 0 Å². The number of carbonyl (C=O) groups excluding carboxylic acids is 2. The third kappa shape index (κ3) is 6.60. The summed E-state index contributed by atoms with van der Waals surface area (Å²) in [5.41, 5.74) is 5.08. The van der Waals surface area contributed by atoms with E-state index in [4.69, 9.17) is 5.11 Å². The van der Waals surface area contributed by atoms with E-state index in [-0.39, 0.29) is 30.9 Å². The van der Waals surface area contributed by atoms with Crippen LogP contribution < -0.4 is 16.1 Å². The number of hydrazine groups is 1. The Kier molecular flexibility index (Phi) is 8.30. The molecule has 36 heavy (non-hydrogen) atoms. The van der Waals surface area contributed by atoms with Gasteiger partial charge in [-0.2, -0.15) is 8.78 Å². The lowest BCUT2D eigenvalue weighted by atomic mass is 9.98. The molecule has 0 aromatic carbocycles. The van der Waals surface area contributed by atoms with Crippen molar-refractivity contribution in [2.75, 3.05) is 18.4 Å². The van der Waals surface area contributed by atoms with E-state index in [1.165, 1.54) is 24.4 Å². The van der Waals surface area contributed by atoms with Crippen molar-refractivity contribution in [2.24, 2.45) is 0 Å². The first kappa shape index (κ1) is 26.7. The fourth-order valence-corrected chi connectivity index (χ4v) is 3.83. The highest BCUT2D eigenvalue weighted by molar-refractivity contribution is 5.99. The molecule has 0 aliphatic carbocycles. The summed E-state index contributed by atoms with van der Waals surface area (Å²) < 4.78 is 28.9. The van der Waals surface area contributed by atoms with Crippen LogP contribution in [0.4, 0.5) is 19.4 Å². The van der Waals surface area contributed by atoms with E-state index in [1.54, 1.807) is 26.8 Å². The lowest BCUT2D eigenvalue weighted by molar-refractivity contribution is -0.134. The highest BCUT2D eigenvalue weighted by atomic mass is 19.3. The van der Waals surface area contributed by atoms with Crippen molar-refractivity contribution in [1.82, 2.24) is 25.7 Å². The molecule has 3 rings (SSSR count). The van der Waals surface area contributed by atoms with E-state index < -0.39 is 36.1 Å². The van der Waals surface area contributed by atoms with E-state index >= 15 is 0 Å². The summed E-state index contributed by atoms with van der Waals surface area (Å²) in [6, 6.07) is 5.78. The normalized spacial score (nSPS) is 14.1. The fraction of sp³-hybridized carbons (Fsp3) is 0.375. The number of aromatic nitrogens is 2.